The van der Waals surface area contributed by atoms with E-state index < -0.39 is 0 Å². The molecule has 138 valence electrons. The van der Waals surface area contributed by atoms with Crippen LogP contribution in [0.15, 0.2) is 42.5 Å². The van der Waals surface area contributed by atoms with Crippen molar-refractivity contribution in [3.8, 4) is 5.75 Å². The lowest BCUT2D eigenvalue weighted by Crippen LogP contribution is -2.44. The number of nitrogens with one attached hydrogen (secondary N) is 1. The molecule has 1 aliphatic heterocycles. The first-order valence-electron chi connectivity index (χ1n) is 9.01. The van der Waals surface area contributed by atoms with Crippen molar-refractivity contribution >= 4 is 17.3 Å². The van der Waals surface area contributed by atoms with E-state index in [-0.39, 0.29) is 5.91 Å². The highest BCUT2D eigenvalue weighted by molar-refractivity contribution is 5.93. The van der Waals surface area contributed by atoms with E-state index in [4.69, 9.17) is 4.74 Å². The van der Waals surface area contributed by atoms with Gasteiger partial charge in [-0.25, -0.2) is 0 Å². The number of methoxy groups -OCH3 is 1. The Labute approximate surface area is 155 Å². The Morgan fingerprint density at radius 1 is 1.12 bits per heavy atom. The molecular weight excluding hydrogens is 326 g/mol. The molecule has 1 saturated heterocycles. The molecule has 0 atom stereocenters. The molecular formula is C21H27N3O2. The molecule has 0 aromatic heterocycles. The largest absolute Gasteiger partial charge is 0.497 e. The number of hydrogen-bond acceptors (Lipinski definition) is 4. The summed E-state index contributed by atoms with van der Waals surface area (Å²) in [7, 11) is 3.78. The van der Waals surface area contributed by atoms with Gasteiger partial charge in [-0.2, -0.15) is 0 Å². The molecule has 3 rings (SSSR count). The van der Waals surface area contributed by atoms with Gasteiger partial charge in [0.25, 0.3) is 0 Å². The molecule has 0 spiro atoms. The van der Waals surface area contributed by atoms with Crippen LogP contribution in [0, 0.1) is 6.92 Å². The van der Waals surface area contributed by atoms with Gasteiger partial charge in [0.1, 0.15) is 5.75 Å². The summed E-state index contributed by atoms with van der Waals surface area (Å²) in [5.41, 5.74) is 4.12. The van der Waals surface area contributed by atoms with E-state index in [1.807, 2.05) is 30.3 Å². The van der Waals surface area contributed by atoms with E-state index in [0.717, 1.165) is 48.7 Å². The van der Waals surface area contributed by atoms with Crippen LogP contribution in [0.3, 0.4) is 0 Å². The van der Waals surface area contributed by atoms with Crippen LogP contribution in [0.1, 0.15) is 11.1 Å². The summed E-state index contributed by atoms with van der Waals surface area (Å²) >= 11 is 0. The van der Waals surface area contributed by atoms with Gasteiger partial charge in [0.05, 0.1) is 13.5 Å². The average molecular weight is 353 g/mol. The number of carbonyl (C=O) groups is 1. The van der Waals surface area contributed by atoms with Gasteiger partial charge in [-0.15, -0.1) is 0 Å². The first kappa shape index (κ1) is 18.3. The quantitative estimate of drug-likeness (QED) is 0.898. The second-order valence-corrected chi connectivity index (χ2v) is 6.92. The van der Waals surface area contributed by atoms with Gasteiger partial charge in [0.2, 0.25) is 5.91 Å². The van der Waals surface area contributed by atoms with E-state index in [1.165, 1.54) is 5.69 Å². The van der Waals surface area contributed by atoms with Crippen molar-refractivity contribution in [3.63, 3.8) is 0 Å². The van der Waals surface area contributed by atoms with Gasteiger partial charge in [-0.05, 0) is 55.4 Å². The number of likely N-dealkylation sites (N-methyl/N-ethyl adjacent to an activating group) is 1. The van der Waals surface area contributed by atoms with Crippen LogP contribution in [-0.4, -0.2) is 51.1 Å². The number of amides is 1. The summed E-state index contributed by atoms with van der Waals surface area (Å²) in [5, 5.41) is 3.04. The van der Waals surface area contributed by atoms with Crippen molar-refractivity contribution < 1.29 is 9.53 Å². The van der Waals surface area contributed by atoms with E-state index in [2.05, 4.69) is 41.2 Å². The fraction of sp³-hybridized carbons (Fsp3) is 0.381. The summed E-state index contributed by atoms with van der Waals surface area (Å²) in [4.78, 5) is 17.2. The Hall–Kier alpha value is -2.53. The predicted octanol–water partition coefficient (Wildman–Crippen LogP) is 2.94. The maximum Gasteiger partial charge on any atom is 0.228 e. The van der Waals surface area contributed by atoms with Crippen molar-refractivity contribution in [1.29, 1.82) is 0 Å². The number of piperazine rings is 1. The number of aryl methyl sites for hydroxylation is 1. The molecule has 1 fully saturated rings. The molecule has 1 amide bonds. The van der Waals surface area contributed by atoms with Gasteiger partial charge in [0.15, 0.2) is 0 Å². The minimum atomic E-state index is -0.0202. The van der Waals surface area contributed by atoms with Crippen molar-refractivity contribution in [2.45, 2.75) is 13.3 Å². The van der Waals surface area contributed by atoms with Crippen LogP contribution in [0.25, 0.3) is 0 Å². The van der Waals surface area contributed by atoms with Crippen molar-refractivity contribution in [2.24, 2.45) is 0 Å². The molecule has 0 radical (unpaired) electrons. The third-order valence-corrected chi connectivity index (χ3v) is 4.71. The zero-order valence-electron chi connectivity index (χ0n) is 15.8. The molecule has 0 saturated carbocycles. The Morgan fingerprint density at radius 3 is 2.62 bits per heavy atom. The minimum Gasteiger partial charge on any atom is -0.497 e. The van der Waals surface area contributed by atoms with Crippen LogP contribution in [0.5, 0.6) is 5.75 Å². The molecule has 0 aliphatic carbocycles. The van der Waals surface area contributed by atoms with Crippen molar-refractivity contribution in [3.05, 3.63) is 53.6 Å². The van der Waals surface area contributed by atoms with Gasteiger partial charge in [-0.3, -0.25) is 4.79 Å². The summed E-state index contributed by atoms with van der Waals surface area (Å²) in [6.45, 7) is 6.21. The number of carbonyl (C=O) groups excluding carboxylic acids is 1. The Balaban J connectivity index is 1.68. The molecule has 1 heterocycles. The third kappa shape index (κ3) is 4.76. The maximum atomic E-state index is 12.5. The van der Waals surface area contributed by atoms with E-state index in [1.54, 1.807) is 7.11 Å². The lowest BCUT2D eigenvalue weighted by atomic mass is 10.1. The zero-order valence-corrected chi connectivity index (χ0v) is 15.8. The first-order valence-corrected chi connectivity index (χ1v) is 9.01. The smallest absolute Gasteiger partial charge is 0.228 e. The summed E-state index contributed by atoms with van der Waals surface area (Å²) in [6.07, 6.45) is 0.328. The monoisotopic (exact) mass is 353 g/mol. The highest BCUT2D eigenvalue weighted by Gasteiger charge is 2.15. The lowest BCUT2D eigenvalue weighted by molar-refractivity contribution is -0.115. The Morgan fingerprint density at radius 2 is 1.88 bits per heavy atom. The highest BCUT2D eigenvalue weighted by Crippen LogP contribution is 2.24. The normalized spacial score (nSPS) is 15.0. The lowest BCUT2D eigenvalue weighted by Gasteiger charge is -2.34. The fourth-order valence-corrected chi connectivity index (χ4v) is 3.26. The molecule has 5 heteroatoms. The van der Waals surface area contributed by atoms with Crippen molar-refractivity contribution in [1.82, 2.24) is 4.90 Å². The predicted molar refractivity (Wildman–Crippen MR) is 106 cm³/mol. The molecule has 0 unspecified atom stereocenters. The number of ether oxygens (including phenoxy) is 1. The highest BCUT2D eigenvalue weighted by atomic mass is 16.5. The minimum absolute atomic E-state index is 0.0202. The molecule has 2 aromatic rings. The van der Waals surface area contributed by atoms with Crippen LogP contribution in [-0.2, 0) is 11.2 Å². The fourth-order valence-electron chi connectivity index (χ4n) is 3.26. The van der Waals surface area contributed by atoms with Crippen molar-refractivity contribution in [2.75, 3.05) is 50.6 Å². The molecule has 1 N–H and O–H groups in total. The summed E-state index contributed by atoms with van der Waals surface area (Å²) < 4.78 is 5.22. The number of anilines is 2. The van der Waals surface area contributed by atoms with Crippen LogP contribution in [0.2, 0.25) is 0 Å². The SMILES string of the molecule is COc1cccc(CC(=O)Nc2cc(C)cc(N3CCN(C)CC3)c2)c1. The van der Waals surface area contributed by atoms with Gasteiger partial charge < -0.3 is 19.9 Å². The average Bonchev–Trinajstić information content (AvgIpc) is 2.61. The number of rotatable bonds is 5. The van der Waals surface area contributed by atoms with E-state index >= 15 is 0 Å². The Kier molecular flexibility index (Phi) is 5.78. The molecule has 5 nitrogen and oxygen atoms in total. The summed E-state index contributed by atoms with van der Waals surface area (Å²) in [6, 6.07) is 13.9. The first-order chi connectivity index (χ1) is 12.5. The topological polar surface area (TPSA) is 44.8 Å². The van der Waals surface area contributed by atoms with Crippen LogP contribution < -0.4 is 15.0 Å². The second kappa shape index (κ2) is 8.23. The Bertz CT molecular complexity index is 768. The standard InChI is InChI=1S/C21H27N3O2/c1-16-11-18(15-19(12-16)24-9-7-23(2)8-10-24)22-21(25)14-17-5-4-6-20(13-17)26-3/h4-6,11-13,15H,7-10,14H2,1-3H3,(H,22,25). The molecule has 2 aromatic carbocycles. The maximum absolute atomic E-state index is 12.5. The van der Waals surface area contributed by atoms with Gasteiger partial charge in [-0.1, -0.05) is 12.1 Å². The summed E-state index contributed by atoms with van der Waals surface area (Å²) in [5.74, 6) is 0.747. The molecule has 1 aliphatic rings. The zero-order chi connectivity index (χ0) is 18.5. The molecule has 26 heavy (non-hydrogen) atoms. The van der Waals surface area contributed by atoms with Gasteiger partial charge >= 0.3 is 0 Å². The number of nitrogens with zero attached hydrogens (tertiary/aromatic N) is 2. The van der Waals surface area contributed by atoms with Gasteiger partial charge in [0, 0.05) is 37.6 Å². The molecule has 0 bridgehead atoms. The van der Waals surface area contributed by atoms with E-state index in [0.29, 0.717) is 6.42 Å². The number of hydrogen-bond donors (Lipinski definition) is 1. The van der Waals surface area contributed by atoms with Crippen LogP contribution >= 0.6 is 0 Å². The van der Waals surface area contributed by atoms with Crippen LogP contribution in [0.4, 0.5) is 11.4 Å². The second-order valence-electron chi connectivity index (χ2n) is 6.92. The third-order valence-electron chi connectivity index (χ3n) is 4.71. The van der Waals surface area contributed by atoms with E-state index in [9.17, 15) is 4.79 Å². The number of benzene rings is 2.